The summed E-state index contributed by atoms with van der Waals surface area (Å²) in [5.41, 5.74) is 0.817. The number of fused-ring (bicyclic) bond motifs is 1. The van der Waals surface area contributed by atoms with Gasteiger partial charge in [-0.15, -0.1) is 0 Å². The summed E-state index contributed by atoms with van der Waals surface area (Å²) in [6.45, 7) is 1.10. The van der Waals surface area contributed by atoms with Crippen molar-refractivity contribution in [3.05, 3.63) is 29.6 Å². The van der Waals surface area contributed by atoms with E-state index in [9.17, 15) is 14.3 Å². The van der Waals surface area contributed by atoms with Crippen LogP contribution in [0.1, 0.15) is 50.1 Å². The van der Waals surface area contributed by atoms with Gasteiger partial charge in [0.2, 0.25) is 0 Å². The Morgan fingerprint density at radius 1 is 1.29 bits per heavy atom. The van der Waals surface area contributed by atoms with Gasteiger partial charge in [-0.25, -0.2) is 9.18 Å². The van der Waals surface area contributed by atoms with Gasteiger partial charge in [-0.05, 0) is 44.1 Å². The summed E-state index contributed by atoms with van der Waals surface area (Å²) in [7, 11) is 0. The van der Waals surface area contributed by atoms with Gasteiger partial charge in [-0.2, -0.15) is 0 Å². The molecule has 24 heavy (non-hydrogen) atoms. The Balaban J connectivity index is 1.56. The third kappa shape index (κ3) is 4.38. The van der Waals surface area contributed by atoms with Gasteiger partial charge in [0.15, 0.2) is 0 Å². The highest BCUT2D eigenvalue weighted by Gasteiger charge is 2.23. The van der Waals surface area contributed by atoms with Gasteiger partial charge in [0.25, 0.3) is 0 Å². The fourth-order valence-electron chi connectivity index (χ4n) is 3.59. The van der Waals surface area contributed by atoms with Crippen molar-refractivity contribution in [2.75, 3.05) is 13.2 Å². The maximum absolute atomic E-state index is 13.4. The first-order chi connectivity index (χ1) is 11.6. The molecule has 0 aromatic heterocycles. The van der Waals surface area contributed by atoms with Gasteiger partial charge in [0.1, 0.15) is 11.6 Å². The van der Waals surface area contributed by atoms with Crippen molar-refractivity contribution < 1.29 is 19.0 Å². The van der Waals surface area contributed by atoms with E-state index >= 15 is 0 Å². The molecular formula is C18H25FN2O3. The Kier molecular flexibility index (Phi) is 5.56. The number of carbonyl (C=O) groups is 1. The molecule has 5 nitrogen and oxygen atoms in total. The maximum Gasteiger partial charge on any atom is 0.315 e. The molecule has 1 fully saturated rings. The lowest BCUT2D eigenvalue weighted by Crippen LogP contribution is -2.41. The lowest BCUT2D eigenvalue weighted by molar-refractivity contribution is 0.101. The summed E-state index contributed by atoms with van der Waals surface area (Å²) in [4.78, 5) is 12.2. The fourth-order valence-corrected chi connectivity index (χ4v) is 3.59. The van der Waals surface area contributed by atoms with Gasteiger partial charge in [0.05, 0.1) is 18.8 Å². The second-order valence-electron chi connectivity index (χ2n) is 6.77. The molecule has 3 atom stereocenters. The van der Waals surface area contributed by atoms with Gasteiger partial charge >= 0.3 is 6.03 Å². The van der Waals surface area contributed by atoms with E-state index < -0.39 is 0 Å². The molecule has 6 heteroatoms. The average molecular weight is 336 g/mol. The summed E-state index contributed by atoms with van der Waals surface area (Å²) in [5, 5.41) is 15.6. The Morgan fingerprint density at radius 3 is 3.00 bits per heavy atom. The Hall–Kier alpha value is -1.82. The number of benzene rings is 1. The number of aliphatic hydroxyl groups excluding tert-OH is 1. The van der Waals surface area contributed by atoms with Gasteiger partial charge in [-0.3, -0.25) is 0 Å². The first kappa shape index (κ1) is 17.0. The number of hydrogen-bond donors (Lipinski definition) is 3. The molecule has 0 spiro atoms. The molecule has 0 radical (unpaired) electrons. The van der Waals surface area contributed by atoms with E-state index in [1.165, 1.54) is 12.1 Å². The summed E-state index contributed by atoms with van der Waals surface area (Å²) in [6, 6.07) is 4.04. The molecule has 1 aliphatic heterocycles. The van der Waals surface area contributed by atoms with Crippen LogP contribution < -0.4 is 15.4 Å². The van der Waals surface area contributed by atoms with Crippen molar-refractivity contribution >= 4 is 6.03 Å². The molecule has 0 bridgehead atoms. The zero-order valence-electron chi connectivity index (χ0n) is 13.8. The van der Waals surface area contributed by atoms with E-state index in [0.717, 1.165) is 44.1 Å². The average Bonchev–Trinajstić information content (AvgIpc) is 2.75. The summed E-state index contributed by atoms with van der Waals surface area (Å²) in [6.07, 6.45) is 4.97. The number of nitrogens with one attached hydrogen (secondary N) is 2. The van der Waals surface area contributed by atoms with Crippen molar-refractivity contribution in [3.8, 4) is 5.75 Å². The molecule has 1 aliphatic carbocycles. The van der Waals surface area contributed by atoms with E-state index in [1.807, 2.05) is 0 Å². The van der Waals surface area contributed by atoms with Crippen molar-refractivity contribution in [1.82, 2.24) is 10.6 Å². The van der Waals surface area contributed by atoms with E-state index in [-0.39, 0.29) is 24.0 Å². The van der Waals surface area contributed by atoms with Crippen molar-refractivity contribution in [2.24, 2.45) is 5.92 Å². The van der Waals surface area contributed by atoms with Crippen LogP contribution in [0.15, 0.2) is 18.2 Å². The van der Waals surface area contributed by atoms with Crippen LogP contribution in [-0.2, 0) is 0 Å². The van der Waals surface area contributed by atoms with Crippen molar-refractivity contribution in [1.29, 1.82) is 0 Å². The standard InChI is InChI=1S/C18H25FN2O3/c19-13-6-7-15-16(5-2-8-24-17(15)10-13)21-18(23)20-11-12-3-1-4-14(22)9-12/h6-7,10,12,14,16,22H,1-5,8-9,11H2,(H2,20,21,23). The van der Waals surface area contributed by atoms with E-state index in [4.69, 9.17) is 4.74 Å². The molecule has 2 amide bonds. The molecule has 0 saturated heterocycles. The maximum atomic E-state index is 13.4. The molecule has 1 aromatic rings. The quantitative estimate of drug-likeness (QED) is 0.795. The molecule has 2 aliphatic rings. The number of aliphatic hydroxyl groups is 1. The minimum absolute atomic E-state index is 0.181. The van der Waals surface area contributed by atoms with Crippen molar-refractivity contribution in [2.45, 2.75) is 50.7 Å². The van der Waals surface area contributed by atoms with E-state index in [0.29, 0.717) is 24.8 Å². The molecular weight excluding hydrogens is 311 g/mol. The third-order valence-electron chi connectivity index (χ3n) is 4.86. The molecule has 1 saturated carbocycles. The molecule has 132 valence electrons. The summed E-state index contributed by atoms with van der Waals surface area (Å²) < 4.78 is 18.9. The fraction of sp³-hybridized carbons (Fsp3) is 0.611. The minimum Gasteiger partial charge on any atom is -0.493 e. The smallest absolute Gasteiger partial charge is 0.315 e. The van der Waals surface area contributed by atoms with Crippen LogP contribution in [0.5, 0.6) is 5.75 Å². The predicted octanol–water partition coefficient (Wildman–Crippen LogP) is 2.89. The Morgan fingerprint density at radius 2 is 2.17 bits per heavy atom. The highest BCUT2D eigenvalue weighted by atomic mass is 19.1. The van der Waals surface area contributed by atoms with Crippen LogP contribution in [0.2, 0.25) is 0 Å². The van der Waals surface area contributed by atoms with Crippen LogP contribution in [0.25, 0.3) is 0 Å². The van der Waals surface area contributed by atoms with Gasteiger partial charge in [-0.1, -0.05) is 12.5 Å². The third-order valence-corrected chi connectivity index (χ3v) is 4.86. The number of urea groups is 1. The molecule has 3 rings (SSSR count). The normalized spacial score (nSPS) is 26.7. The van der Waals surface area contributed by atoms with Crippen LogP contribution in [0.3, 0.4) is 0 Å². The van der Waals surface area contributed by atoms with E-state index in [2.05, 4.69) is 10.6 Å². The van der Waals surface area contributed by atoms with Crippen molar-refractivity contribution in [3.63, 3.8) is 0 Å². The van der Waals surface area contributed by atoms with Gasteiger partial charge < -0.3 is 20.5 Å². The summed E-state index contributed by atoms with van der Waals surface area (Å²) in [5.74, 6) is 0.501. The first-order valence-electron chi connectivity index (χ1n) is 8.76. The Bertz CT molecular complexity index is 581. The topological polar surface area (TPSA) is 70.6 Å². The Labute approximate surface area is 141 Å². The second kappa shape index (κ2) is 7.83. The lowest BCUT2D eigenvalue weighted by atomic mass is 9.87. The molecule has 3 N–H and O–H groups in total. The molecule has 1 aromatic carbocycles. The van der Waals surface area contributed by atoms with Crippen LogP contribution in [0.4, 0.5) is 9.18 Å². The highest BCUT2D eigenvalue weighted by molar-refractivity contribution is 5.74. The predicted molar refractivity (Wildman–Crippen MR) is 88.4 cm³/mol. The van der Waals surface area contributed by atoms with Crippen LogP contribution >= 0.6 is 0 Å². The SMILES string of the molecule is O=C(NCC1CCCC(O)C1)NC1CCCOc2cc(F)ccc21. The summed E-state index contributed by atoms with van der Waals surface area (Å²) >= 11 is 0. The number of halogens is 1. The first-order valence-corrected chi connectivity index (χ1v) is 8.76. The van der Waals surface area contributed by atoms with Crippen LogP contribution in [0, 0.1) is 11.7 Å². The number of ether oxygens (including phenoxy) is 1. The molecule has 1 heterocycles. The number of rotatable bonds is 3. The van der Waals surface area contributed by atoms with E-state index in [1.54, 1.807) is 6.07 Å². The number of hydrogen-bond acceptors (Lipinski definition) is 3. The second-order valence-corrected chi connectivity index (χ2v) is 6.77. The molecule has 3 unspecified atom stereocenters. The number of amides is 2. The highest BCUT2D eigenvalue weighted by Crippen LogP contribution is 2.32. The van der Waals surface area contributed by atoms with Gasteiger partial charge in [0, 0.05) is 18.2 Å². The zero-order chi connectivity index (χ0) is 16.9. The minimum atomic E-state index is -0.338. The van der Waals surface area contributed by atoms with Crippen LogP contribution in [-0.4, -0.2) is 30.4 Å². The largest absolute Gasteiger partial charge is 0.493 e. The lowest BCUT2D eigenvalue weighted by Gasteiger charge is -2.26. The monoisotopic (exact) mass is 336 g/mol. The zero-order valence-corrected chi connectivity index (χ0v) is 13.8. The number of carbonyl (C=O) groups excluding carboxylic acids is 1.